The summed E-state index contributed by atoms with van der Waals surface area (Å²) in [5.41, 5.74) is 6.94. The molecule has 0 bridgehead atoms. The van der Waals surface area contributed by atoms with Crippen molar-refractivity contribution in [2.75, 3.05) is 110 Å². The molecule has 15 nitrogen and oxygen atoms in total. The molecule has 67 heavy (non-hydrogen) atoms. The SMILES string of the molecule is COc1ccc(CC2c3cc(OC)c(OC)cc3CC[N+]2(C)CCCOC(=O)CCC(=O)OCCC[N+]2(C)CCc3cc(OC)c(OC)cc3C2c2cc(C=O)c(OC)c(OC)c2)cc1OC. The summed E-state index contributed by atoms with van der Waals surface area (Å²) >= 11 is 0. The highest BCUT2D eigenvalue weighted by Gasteiger charge is 2.42. The maximum Gasteiger partial charge on any atom is 0.306 e. The molecule has 4 aromatic rings. The summed E-state index contributed by atoms with van der Waals surface area (Å²) in [7, 11) is 17.3. The van der Waals surface area contributed by atoms with Gasteiger partial charge >= 0.3 is 11.9 Å². The van der Waals surface area contributed by atoms with Crippen molar-refractivity contribution < 1.29 is 70.7 Å². The number of rotatable bonds is 23. The average molecular weight is 929 g/mol. The molecule has 0 saturated heterocycles. The second-order valence-electron chi connectivity index (χ2n) is 17.6. The Hall–Kier alpha value is -6.19. The molecule has 0 radical (unpaired) electrons. The van der Waals surface area contributed by atoms with Gasteiger partial charge in [-0.15, -0.1) is 0 Å². The van der Waals surface area contributed by atoms with Gasteiger partial charge in [-0.05, 0) is 65.2 Å². The summed E-state index contributed by atoms with van der Waals surface area (Å²) in [4.78, 5) is 38.1. The molecule has 0 fully saturated rings. The number of hydrogen-bond donors (Lipinski definition) is 0. The largest absolute Gasteiger partial charge is 0.493 e. The van der Waals surface area contributed by atoms with E-state index in [0.29, 0.717) is 75.4 Å². The maximum absolute atomic E-state index is 12.9. The first-order chi connectivity index (χ1) is 32.3. The second kappa shape index (κ2) is 22.5. The Bertz CT molecular complexity index is 2390. The maximum atomic E-state index is 12.9. The summed E-state index contributed by atoms with van der Waals surface area (Å²) < 4.78 is 57.7. The molecule has 4 aromatic carbocycles. The Labute approximate surface area is 394 Å². The molecule has 2 aliphatic heterocycles. The highest BCUT2D eigenvalue weighted by Crippen LogP contribution is 2.47. The molecule has 0 aliphatic carbocycles. The lowest BCUT2D eigenvalue weighted by molar-refractivity contribution is -0.941. The van der Waals surface area contributed by atoms with Gasteiger partial charge in [-0.1, -0.05) is 6.07 Å². The summed E-state index contributed by atoms with van der Waals surface area (Å²) in [5.74, 6) is 3.91. The van der Waals surface area contributed by atoms with E-state index in [-0.39, 0.29) is 38.1 Å². The molecule has 4 atom stereocenters. The Morgan fingerprint density at radius 1 is 0.567 bits per heavy atom. The Balaban J connectivity index is 1.04. The zero-order valence-corrected chi connectivity index (χ0v) is 40.8. The van der Waals surface area contributed by atoms with Gasteiger partial charge in [-0.3, -0.25) is 14.4 Å². The molecule has 2 heterocycles. The van der Waals surface area contributed by atoms with E-state index in [2.05, 4.69) is 32.3 Å². The van der Waals surface area contributed by atoms with Gasteiger partial charge in [0.1, 0.15) is 12.1 Å². The van der Waals surface area contributed by atoms with Crippen LogP contribution in [0.5, 0.6) is 46.0 Å². The van der Waals surface area contributed by atoms with Crippen molar-refractivity contribution >= 4 is 18.2 Å². The molecule has 0 N–H and O–H groups in total. The minimum Gasteiger partial charge on any atom is -0.493 e. The van der Waals surface area contributed by atoms with Crippen LogP contribution >= 0.6 is 0 Å². The van der Waals surface area contributed by atoms with E-state index >= 15 is 0 Å². The Kier molecular flexibility index (Phi) is 16.9. The van der Waals surface area contributed by atoms with Crippen molar-refractivity contribution in [3.8, 4) is 46.0 Å². The van der Waals surface area contributed by atoms with Crippen LogP contribution in [0, 0.1) is 0 Å². The molecule has 2 aliphatic rings. The van der Waals surface area contributed by atoms with Crippen LogP contribution in [-0.4, -0.2) is 138 Å². The molecular formula is C52H68N2O13+2. The van der Waals surface area contributed by atoms with Gasteiger partial charge in [-0.2, -0.15) is 0 Å². The normalized spacial score (nSPS) is 19.5. The minimum absolute atomic E-state index is 0.0712. The number of nitrogens with zero attached hydrogens (tertiary/aromatic N) is 2. The van der Waals surface area contributed by atoms with E-state index in [4.69, 9.17) is 47.4 Å². The first kappa shape index (κ1) is 50.2. The van der Waals surface area contributed by atoms with E-state index in [1.54, 1.807) is 49.8 Å². The van der Waals surface area contributed by atoms with Gasteiger partial charge < -0.3 is 56.3 Å². The summed E-state index contributed by atoms with van der Waals surface area (Å²) in [5, 5.41) is 0. The third-order valence-electron chi connectivity index (χ3n) is 13.6. The standard InChI is InChI=1S/C52H68N2O13/c1-53(21-17-35-28-44(60-5)46(62-7)31-39(35)41(53)25-34-13-14-42(58-3)43(26-34)59-4)19-11-23-66-49(56)15-16-50(57)67-24-12-20-54(2)22-18-36-29-45(61-6)47(63-8)32-40(36)51(54)37-27-38(33-55)52(65-10)48(30-37)64-9/h13-14,26-33,41,51H,11-12,15-25H2,1-10H3/q+2. The molecule has 15 heteroatoms. The van der Waals surface area contributed by atoms with Crippen LogP contribution in [0.1, 0.15) is 81.5 Å². The van der Waals surface area contributed by atoms with E-state index in [0.717, 1.165) is 71.9 Å². The number of fused-ring (bicyclic) bond motifs is 2. The topological polar surface area (TPSA) is 144 Å². The van der Waals surface area contributed by atoms with Crippen molar-refractivity contribution in [1.82, 2.24) is 0 Å². The van der Waals surface area contributed by atoms with Crippen LogP contribution in [0.25, 0.3) is 0 Å². The van der Waals surface area contributed by atoms with Crippen LogP contribution in [0.15, 0.2) is 54.6 Å². The number of aldehydes is 1. The molecule has 6 rings (SSSR count). The molecule has 0 aromatic heterocycles. The highest BCUT2D eigenvalue weighted by atomic mass is 16.5. The average Bonchev–Trinajstić information content (AvgIpc) is 3.35. The van der Waals surface area contributed by atoms with Gasteiger partial charge in [0.05, 0.1) is 129 Å². The number of benzene rings is 4. The number of likely N-dealkylation sites (N-methyl/N-ethyl adjacent to an activating group) is 2. The first-order valence-electron chi connectivity index (χ1n) is 22.7. The van der Waals surface area contributed by atoms with Gasteiger partial charge in [0.2, 0.25) is 0 Å². The lowest BCUT2D eigenvalue weighted by Crippen LogP contribution is -2.52. The van der Waals surface area contributed by atoms with Crippen molar-refractivity contribution in [2.45, 2.75) is 57.0 Å². The van der Waals surface area contributed by atoms with Crippen LogP contribution < -0.4 is 37.9 Å². The molecule has 0 saturated carbocycles. The number of carbonyl (C=O) groups is 3. The van der Waals surface area contributed by atoms with Crippen molar-refractivity contribution in [1.29, 1.82) is 0 Å². The molecular weight excluding hydrogens is 861 g/mol. The monoisotopic (exact) mass is 928 g/mol. The van der Waals surface area contributed by atoms with Crippen LogP contribution in [0.4, 0.5) is 0 Å². The third-order valence-corrected chi connectivity index (χ3v) is 13.6. The van der Waals surface area contributed by atoms with Gasteiger partial charge in [-0.25, -0.2) is 0 Å². The van der Waals surface area contributed by atoms with Gasteiger partial charge in [0.25, 0.3) is 0 Å². The number of carbonyl (C=O) groups excluding carboxylic acids is 3. The van der Waals surface area contributed by atoms with Gasteiger partial charge in [0, 0.05) is 48.8 Å². The fourth-order valence-corrected chi connectivity index (χ4v) is 10.0. The van der Waals surface area contributed by atoms with Crippen molar-refractivity contribution in [3.05, 3.63) is 93.5 Å². The fraction of sp³-hybridized carbons (Fsp3) is 0.481. The Morgan fingerprint density at radius 3 is 1.60 bits per heavy atom. The van der Waals surface area contributed by atoms with Crippen LogP contribution in [0.2, 0.25) is 0 Å². The number of ether oxygens (including phenoxy) is 10. The third kappa shape index (κ3) is 11.2. The van der Waals surface area contributed by atoms with Crippen molar-refractivity contribution in [2.24, 2.45) is 0 Å². The highest BCUT2D eigenvalue weighted by molar-refractivity contribution is 5.82. The fourth-order valence-electron chi connectivity index (χ4n) is 10.0. The number of methoxy groups -OCH3 is 8. The van der Waals surface area contributed by atoms with E-state index < -0.39 is 11.9 Å². The predicted octanol–water partition coefficient (Wildman–Crippen LogP) is 7.29. The zero-order chi connectivity index (χ0) is 48.3. The molecule has 362 valence electrons. The van der Waals surface area contributed by atoms with E-state index in [1.165, 1.54) is 18.2 Å². The first-order valence-corrected chi connectivity index (χ1v) is 22.7. The van der Waals surface area contributed by atoms with E-state index in [9.17, 15) is 14.4 Å². The summed E-state index contributed by atoms with van der Waals surface area (Å²) in [6.45, 7) is 3.48. The lowest BCUT2D eigenvalue weighted by Gasteiger charge is -2.46. The number of esters is 2. The quantitative estimate of drug-likeness (QED) is 0.0318. The number of quaternary nitrogens is 2. The molecule has 0 amide bonds. The lowest BCUT2D eigenvalue weighted by atomic mass is 9.85. The Morgan fingerprint density at radius 2 is 1.06 bits per heavy atom. The van der Waals surface area contributed by atoms with E-state index in [1.807, 2.05) is 36.4 Å². The summed E-state index contributed by atoms with van der Waals surface area (Å²) in [6, 6.07) is 17.9. The second-order valence-corrected chi connectivity index (χ2v) is 17.6. The number of hydrogen-bond acceptors (Lipinski definition) is 13. The van der Waals surface area contributed by atoms with Gasteiger partial charge in [0.15, 0.2) is 52.3 Å². The minimum atomic E-state index is -0.456. The van der Waals surface area contributed by atoms with Crippen molar-refractivity contribution in [3.63, 3.8) is 0 Å². The smallest absolute Gasteiger partial charge is 0.306 e. The molecule has 4 unspecified atom stereocenters. The summed E-state index contributed by atoms with van der Waals surface area (Å²) in [6.07, 6.45) is 4.19. The zero-order valence-electron chi connectivity index (χ0n) is 40.8. The van der Waals surface area contributed by atoms with Crippen LogP contribution in [-0.2, 0) is 38.3 Å². The predicted molar refractivity (Wildman–Crippen MR) is 251 cm³/mol. The van der Waals surface area contributed by atoms with Crippen LogP contribution in [0.3, 0.4) is 0 Å². The molecule has 0 spiro atoms.